The molecular formula is C10H12ClN3O3. The Hall–Kier alpha value is -1.40. The number of aromatic nitrogens is 1. The van der Waals surface area contributed by atoms with Crippen LogP contribution in [-0.4, -0.2) is 29.2 Å². The summed E-state index contributed by atoms with van der Waals surface area (Å²) in [6.07, 6.45) is 3.25. The first-order valence-corrected chi connectivity index (χ1v) is 5.69. The second-order valence-corrected chi connectivity index (χ2v) is 4.27. The number of ether oxygens (including phenoxy) is 1. The molecule has 7 heteroatoms. The summed E-state index contributed by atoms with van der Waals surface area (Å²) in [5, 5.41) is 14.1. The molecule has 1 saturated heterocycles. The lowest BCUT2D eigenvalue weighted by atomic mass is 10.1. The van der Waals surface area contributed by atoms with Crippen molar-refractivity contribution in [1.29, 1.82) is 0 Å². The van der Waals surface area contributed by atoms with Gasteiger partial charge in [-0.1, -0.05) is 11.6 Å². The van der Waals surface area contributed by atoms with Gasteiger partial charge in [-0.3, -0.25) is 10.1 Å². The first kappa shape index (κ1) is 12.1. The van der Waals surface area contributed by atoms with Gasteiger partial charge in [0.2, 0.25) is 5.82 Å². The molecular weight excluding hydrogens is 246 g/mol. The zero-order chi connectivity index (χ0) is 12.3. The summed E-state index contributed by atoms with van der Waals surface area (Å²) >= 11 is 5.68. The zero-order valence-corrected chi connectivity index (χ0v) is 9.81. The minimum atomic E-state index is -0.495. The van der Waals surface area contributed by atoms with E-state index in [9.17, 15) is 10.1 Å². The van der Waals surface area contributed by atoms with Gasteiger partial charge in [0.05, 0.1) is 22.6 Å². The molecule has 1 aromatic heterocycles. The summed E-state index contributed by atoms with van der Waals surface area (Å²) in [4.78, 5) is 14.3. The van der Waals surface area contributed by atoms with Crippen molar-refractivity contribution in [3.05, 3.63) is 27.4 Å². The van der Waals surface area contributed by atoms with E-state index in [4.69, 9.17) is 16.3 Å². The first-order valence-electron chi connectivity index (χ1n) is 5.31. The number of rotatable bonds is 3. The van der Waals surface area contributed by atoms with Gasteiger partial charge >= 0.3 is 5.69 Å². The van der Waals surface area contributed by atoms with Crippen LogP contribution < -0.4 is 5.32 Å². The summed E-state index contributed by atoms with van der Waals surface area (Å²) < 4.78 is 5.29. The summed E-state index contributed by atoms with van der Waals surface area (Å²) in [6, 6.07) is 1.36. The molecule has 0 aliphatic carbocycles. The SMILES string of the molecule is O=[N+]([O-])c1cc(Cl)cnc1NC1CCCOC1. The van der Waals surface area contributed by atoms with E-state index in [1.165, 1.54) is 12.3 Å². The van der Waals surface area contributed by atoms with Crippen molar-refractivity contribution in [2.24, 2.45) is 0 Å². The van der Waals surface area contributed by atoms with Crippen LogP contribution in [0.25, 0.3) is 0 Å². The second kappa shape index (κ2) is 5.29. The lowest BCUT2D eigenvalue weighted by Gasteiger charge is -2.23. The van der Waals surface area contributed by atoms with Gasteiger partial charge in [-0.25, -0.2) is 4.98 Å². The van der Waals surface area contributed by atoms with Crippen molar-refractivity contribution in [3.8, 4) is 0 Å². The maximum atomic E-state index is 10.9. The van der Waals surface area contributed by atoms with Gasteiger partial charge in [-0.05, 0) is 12.8 Å². The number of pyridine rings is 1. The van der Waals surface area contributed by atoms with E-state index in [1.54, 1.807) is 0 Å². The molecule has 2 rings (SSSR count). The molecule has 17 heavy (non-hydrogen) atoms. The van der Waals surface area contributed by atoms with E-state index in [0.717, 1.165) is 19.4 Å². The third-order valence-corrected chi connectivity index (χ3v) is 2.74. The molecule has 1 aliphatic heterocycles. The van der Waals surface area contributed by atoms with E-state index < -0.39 is 4.92 Å². The predicted molar refractivity (Wildman–Crippen MR) is 63.4 cm³/mol. The van der Waals surface area contributed by atoms with Gasteiger partial charge in [0.15, 0.2) is 0 Å². The van der Waals surface area contributed by atoms with Crippen LogP contribution in [0.3, 0.4) is 0 Å². The number of nitro groups is 1. The van der Waals surface area contributed by atoms with E-state index in [2.05, 4.69) is 10.3 Å². The summed E-state index contributed by atoms with van der Waals surface area (Å²) in [7, 11) is 0. The molecule has 6 nitrogen and oxygen atoms in total. The first-order chi connectivity index (χ1) is 8.16. The molecule has 0 radical (unpaired) electrons. The Balaban J connectivity index is 2.16. The van der Waals surface area contributed by atoms with Crippen LogP contribution in [0.4, 0.5) is 11.5 Å². The van der Waals surface area contributed by atoms with E-state index in [0.29, 0.717) is 6.61 Å². The van der Waals surface area contributed by atoms with E-state index in [1.807, 2.05) is 0 Å². The predicted octanol–water partition coefficient (Wildman–Crippen LogP) is 2.23. The van der Waals surface area contributed by atoms with Crippen LogP contribution in [0.2, 0.25) is 5.02 Å². The van der Waals surface area contributed by atoms with E-state index in [-0.39, 0.29) is 22.6 Å². The average molecular weight is 258 g/mol. The molecule has 1 aromatic rings. The number of hydrogen-bond donors (Lipinski definition) is 1. The van der Waals surface area contributed by atoms with Gasteiger partial charge in [0.25, 0.3) is 0 Å². The van der Waals surface area contributed by atoms with Crippen LogP contribution in [0, 0.1) is 10.1 Å². The minimum absolute atomic E-state index is 0.0659. The maximum Gasteiger partial charge on any atom is 0.312 e. The van der Waals surface area contributed by atoms with Crippen LogP contribution in [-0.2, 0) is 4.74 Å². The molecule has 2 heterocycles. The Morgan fingerprint density at radius 3 is 3.12 bits per heavy atom. The smallest absolute Gasteiger partial charge is 0.312 e. The number of nitrogens with zero attached hydrogens (tertiary/aromatic N) is 2. The Kier molecular flexibility index (Phi) is 3.75. The highest BCUT2D eigenvalue weighted by atomic mass is 35.5. The average Bonchev–Trinajstić information content (AvgIpc) is 2.32. The number of nitrogens with one attached hydrogen (secondary N) is 1. The van der Waals surface area contributed by atoms with Gasteiger partial charge < -0.3 is 10.1 Å². The molecule has 0 bridgehead atoms. The van der Waals surface area contributed by atoms with Crippen LogP contribution in [0.15, 0.2) is 12.3 Å². The Morgan fingerprint density at radius 1 is 1.65 bits per heavy atom. The Morgan fingerprint density at radius 2 is 2.47 bits per heavy atom. The topological polar surface area (TPSA) is 77.3 Å². The molecule has 1 aliphatic rings. The standard InChI is InChI=1S/C10H12ClN3O3/c11-7-4-9(14(15)16)10(12-5-7)13-8-2-1-3-17-6-8/h4-5,8H,1-3,6H2,(H,12,13). The van der Waals surface area contributed by atoms with Crippen LogP contribution in [0.5, 0.6) is 0 Å². The molecule has 92 valence electrons. The summed E-state index contributed by atoms with van der Waals surface area (Å²) in [5.41, 5.74) is -0.108. The second-order valence-electron chi connectivity index (χ2n) is 3.84. The fourth-order valence-electron chi connectivity index (χ4n) is 1.73. The summed E-state index contributed by atoms with van der Waals surface area (Å²) in [6.45, 7) is 1.29. The zero-order valence-electron chi connectivity index (χ0n) is 9.06. The van der Waals surface area contributed by atoms with Gasteiger partial charge in [0, 0.05) is 18.9 Å². The van der Waals surface area contributed by atoms with Crippen molar-refractivity contribution < 1.29 is 9.66 Å². The van der Waals surface area contributed by atoms with Crippen molar-refractivity contribution in [2.45, 2.75) is 18.9 Å². The number of hydrogen-bond acceptors (Lipinski definition) is 5. The molecule has 1 N–H and O–H groups in total. The van der Waals surface area contributed by atoms with Crippen molar-refractivity contribution in [2.75, 3.05) is 18.5 Å². The fourth-order valence-corrected chi connectivity index (χ4v) is 1.88. The maximum absolute atomic E-state index is 10.9. The molecule has 0 aromatic carbocycles. The normalized spacial score (nSPS) is 19.9. The lowest BCUT2D eigenvalue weighted by molar-refractivity contribution is -0.384. The van der Waals surface area contributed by atoms with Crippen molar-refractivity contribution in [1.82, 2.24) is 4.98 Å². The largest absolute Gasteiger partial charge is 0.379 e. The molecule has 0 spiro atoms. The third kappa shape index (κ3) is 3.04. The molecule has 1 fully saturated rings. The monoisotopic (exact) mass is 257 g/mol. The molecule has 0 saturated carbocycles. The van der Waals surface area contributed by atoms with E-state index >= 15 is 0 Å². The highest BCUT2D eigenvalue weighted by Crippen LogP contribution is 2.26. The lowest BCUT2D eigenvalue weighted by Crippen LogP contribution is -2.30. The quantitative estimate of drug-likeness (QED) is 0.664. The van der Waals surface area contributed by atoms with Gasteiger partial charge in [-0.2, -0.15) is 0 Å². The highest BCUT2D eigenvalue weighted by molar-refractivity contribution is 6.30. The highest BCUT2D eigenvalue weighted by Gasteiger charge is 2.20. The molecule has 0 amide bonds. The van der Waals surface area contributed by atoms with Crippen LogP contribution in [0.1, 0.15) is 12.8 Å². The third-order valence-electron chi connectivity index (χ3n) is 2.53. The molecule has 1 unspecified atom stereocenters. The molecule has 1 atom stereocenters. The number of anilines is 1. The Bertz CT molecular complexity index is 421. The minimum Gasteiger partial charge on any atom is -0.379 e. The van der Waals surface area contributed by atoms with Crippen molar-refractivity contribution >= 4 is 23.1 Å². The van der Waals surface area contributed by atoms with Crippen LogP contribution >= 0.6 is 11.6 Å². The van der Waals surface area contributed by atoms with Gasteiger partial charge in [0.1, 0.15) is 0 Å². The van der Waals surface area contributed by atoms with Gasteiger partial charge in [-0.15, -0.1) is 0 Å². The fraction of sp³-hybridized carbons (Fsp3) is 0.500. The summed E-state index contributed by atoms with van der Waals surface area (Å²) in [5.74, 6) is 0.245. The number of halogens is 1. The van der Waals surface area contributed by atoms with Crippen molar-refractivity contribution in [3.63, 3.8) is 0 Å². The Labute approximate surface area is 103 Å².